The Bertz CT molecular complexity index is 536. The molecule has 0 saturated carbocycles. The van der Waals surface area contributed by atoms with E-state index in [2.05, 4.69) is 16.8 Å². The summed E-state index contributed by atoms with van der Waals surface area (Å²) in [5.41, 5.74) is 0. The highest BCUT2D eigenvalue weighted by atomic mass is 33.1. The molecular weight excluding hydrogens is 312 g/mol. The predicted octanol–water partition coefficient (Wildman–Crippen LogP) is 1.48. The van der Waals surface area contributed by atoms with E-state index in [1.807, 2.05) is 6.08 Å². The molecule has 0 bridgehead atoms. The van der Waals surface area contributed by atoms with E-state index in [1.54, 1.807) is 6.21 Å². The number of allylic oxidation sites excluding steroid dienone is 1. The Morgan fingerprint density at radius 1 is 1.62 bits per heavy atom. The number of carbonyl (C=O) groups is 2. The van der Waals surface area contributed by atoms with Gasteiger partial charge in [-0.15, -0.1) is 5.06 Å². The molecule has 2 aliphatic heterocycles. The number of aliphatic imine (C=N–C) groups is 1. The van der Waals surface area contributed by atoms with E-state index in [0.29, 0.717) is 18.6 Å². The summed E-state index contributed by atoms with van der Waals surface area (Å²) in [6, 6.07) is 0. The van der Waals surface area contributed by atoms with Crippen LogP contribution < -0.4 is 0 Å². The number of nitrogens with zero attached hydrogens (tertiary/aromatic N) is 2. The number of hydrogen-bond donors (Lipinski definition) is 1. The summed E-state index contributed by atoms with van der Waals surface area (Å²) in [6.45, 7) is 0. The van der Waals surface area contributed by atoms with Crippen molar-refractivity contribution in [3.8, 4) is 11.8 Å². The minimum absolute atomic E-state index is 0.154. The Kier molecular flexibility index (Phi) is 6.17. The third-order valence-electron chi connectivity index (χ3n) is 2.60. The second kappa shape index (κ2) is 8.12. The highest BCUT2D eigenvalue weighted by Gasteiger charge is 2.32. The Hall–Kier alpha value is -1.43. The van der Waals surface area contributed by atoms with Crippen LogP contribution in [0, 0.1) is 11.8 Å². The van der Waals surface area contributed by atoms with E-state index in [1.165, 1.54) is 21.6 Å². The summed E-state index contributed by atoms with van der Waals surface area (Å²) >= 11 is 0. The lowest BCUT2D eigenvalue weighted by atomic mass is 10.4. The molecule has 2 heterocycles. The standard InChI is InChI=1S/C13H14N2O4S2/c16-11-5-6-12(17)15(11)19-13(18)7-9-20-21-10-4-2-1-3-8-14-10/h4,8,11,16H,2,5-7,9H2. The fourth-order valence-corrected chi connectivity index (χ4v) is 3.48. The zero-order valence-corrected chi connectivity index (χ0v) is 12.8. The van der Waals surface area contributed by atoms with Crippen molar-refractivity contribution in [3.05, 3.63) is 11.1 Å². The lowest BCUT2D eigenvalue weighted by Gasteiger charge is -2.18. The van der Waals surface area contributed by atoms with Gasteiger partial charge in [0.1, 0.15) is 5.03 Å². The molecule has 0 radical (unpaired) electrons. The van der Waals surface area contributed by atoms with Crippen LogP contribution in [-0.2, 0) is 14.4 Å². The maximum absolute atomic E-state index is 11.6. The molecule has 0 aromatic carbocycles. The Balaban J connectivity index is 1.63. The zero-order valence-electron chi connectivity index (χ0n) is 11.2. The molecule has 2 aliphatic rings. The molecule has 0 spiro atoms. The van der Waals surface area contributed by atoms with Gasteiger partial charge in [-0.2, -0.15) is 0 Å². The van der Waals surface area contributed by atoms with Gasteiger partial charge in [-0.3, -0.25) is 4.79 Å². The van der Waals surface area contributed by atoms with Gasteiger partial charge in [0.2, 0.25) is 0 Å². The minimum atomic E-state index is -1.02. The number of carbonyl (C=O) groups excluding carboxylic acids is 2. The molecule has 0 aromatic rings. The van der Waals surface area contributed by atoms with Crippen molar-refractivity contribution in [1.82, 2.24) is 5.06 Å². The maximum Gasteiger partial charge on any atom is 0.333 e. The Labute approximate surface area is 130 Å². The predicted molar refractivity (Wildman–Crippen MR) is 81.8 cm³/mol. The van der Waals surface area contributed by atoms with Crippen molar-refractivity contribution in [2.75, 3.05) is 5.75 Å². The van der Waals surface area contributed by atoms with Gasteiger partial charge in [0.25, 0.3) is 5.91 Å². The van der Waals surface area contributed by atoms with Gasteiger partial charge in [-0.05, 0) is 16.9 Å². The van der Waals surface area contributed by atoms with Crippen LogP contribution >= 0.6 is 21.6 Å². The summed E-state index contributed by atoms with van der Waals surface area (Å²) in [6.07, 6.45) is 3.78. The van der Waals surface area contributed by atoms with Crippen LogP contribution in [0.5, 0.6) is 0 Å². The highest BCUT2D eigenvalue weighted by Crippen LogP contribution is 2.32. The second-order valence-electron chi connectivity index (χ2n) is 4.18. The molecule has 21 heavy (non-hydrogen) atoms. The molecule has 1 N–H and O–H groups in total. The quantitative estimate of drug-likeness (QED) is 0.452. The van der Waals surface area contributed by atoms with Gasteiger partial charge in [0, 0.05) is 25.0 Å². The van der Waals surface area contributed by atoms with Crippen molar-refractivity contribution in [1.29, 1.82) is 0 Å². The van der Waals surface area contributed by atoms with Crippen LogP contribution in [0.15, 0.2) is 16.1 Å². The van der Waals surface area contributed by atoms with Gasteiger partial charge in [-0.1, -0.05) is 22.6 Å². The summed E-state index contributed by atoms with van der Waals surface area (Å²) in [7, 11) is 2.93. The average molecular weight is 326 g/mol. The van der Waals surface area contributed by atoms with Crippen molar-refractivity contribution in [2.45, 2.75) is 31.9 Å². The smallest absolute Gasteiger partial charge is 0.333 e. The number of hydrogen-bond acceptors (Lipinski definition) is 7. The number of amides is 1. The monoisotopic (exact) mass is 326 g/mol. The zero-order chi connectivity index (χ0) is 15.1. The lowest BCUT2D eigenvalue weighted by Crippen LogP contribution is -2.35. The summed E-state index contributed by atoms with van der Waals surface area (Å²) in [5.74, 6) is 5.31. The van der Waals surface area contributed by atoms with Crippen molar-refractivity contribution < 1.29 is 19.5 Å². The topological polar surface area (TPSA) is 79.2 Å². The first-order valence-corrected chi connectivity index (χ1v) is 8.70. The van der Waals surface area contributed by atoms with E-state index >= 15 is 0 Å². The van der Waals surface area contributed by atoms with Gasteiger partial charge in [-0.25, -0.2) is 9.79 Å². The van der Waals surface area contributed by atoms with E-state index in [0.717, 1.165) is 10.1 Å². The molecule has 0 aromatic heterocycles. The van der Waals surface area contributed by atoms with Gasteiger partial charge in [0.15, 0.2) is 6.23 Å². The molecule has 1 unspecified atom stereocenters. The molecule has 1 saturated heterocycles. The van der Waals surface area contributed by atoms with Gasteiger partial charge < -0.3 is 9.94 Å². The second-order valence-corrected chi connectivity index (χ2v) is 6.62. The average Bonchev–Trinajstić information content (AvgIpc) is 2.71. The van der Waals surface area contributed by atoms with E-state index < -0.39 is 12.2 Å². The lowest BCUT2D eigenvalue weighted by molar-refractivity contribution is -0.220. The normalized spacial score (nSPS) is 20.6. The third-order valence-corrected chi connectivity index (χ3v) is 4.90. The molecule has 8 heteroatoms. The van der Waals surface area contributed by atoms with Crippen LogP contribution in [-0.4, -0.2) is 40.2 Å². The largest absolute Gasteiger partial charge is 0.370 e. The molecule has 1 fully saturated rings. The fourth-order valence-electron chi connectivity index (χ4n) is 1.59. The van der Waals surface area contributed by atoms with Crippen molar-refractivity contribution >= 4 is 39.7 Å². The van der Waals surface area contributed by atoms with Crippen LogP contribution in [0.3, 0.4) is 0 Å². The fraction of sp³-hybridized carbons (Fsp3) is 0.462. The van der Waals surface area contributed by atoms with Crippen LogP contribution in [0.1, 0.15) is 25.7 Å². The molecule has 6 nitrogen and oxygen atoms in total. The minimum Gasteiger partial charge on any atom is -0.370 e. The maximum atomic E-state index is 11.6. The summed E-state index contributed by atoms with van der Waals surface area (Å²) < 4.78 is 0. The first kappa shape index (κ1) is 15.9. The number of aliphatic hydroxyl groups excluding tert-OH is 1. The van der Waals surface area contributed by atoms with E-state index in [4.69, 9.17) is 4.84 Å². The number of hydroxylamine groups is 2. The molecule has 1 atom stereocenters. The number of aliphatic hydroxyl groups is 1. The van der Waals surface area contributed by atoms with E-state index in [-0.39, 0.29) is 18.7 Å². The van der Waals surface area contributed by atoms with Crippen molar-refractivity contribution in [3.63, 3.8) is 0 Å². The molecule has 2 rings (SSSR count). The molecular formula is C13H14N2O4S2. The van der Waals surface area contributed by atoms with Gasteiger partial charge >= 0.3 is 5.97 Å². The van der Waals surface area contributed by atoms with Crippen LogP contribution in [0.4, 0.5) is 0 Å². The number of rotatable bonds is 6. The Morgan fingerprint density at radius 3 is 3.24 bits per heavy atom. The summed E-state index contributed by atoms with van der Waals surface area (Å²) in [5, 5.41) is 11.1. The van der Waals surface area contributed by atoms with Crippen LogP contribution in [0.2, 0.25) is 0 Å². The third kappa shape index (κ3) is 5.12. The van der Waals surface area contributed by atoms with Crippen molar-refractivity contribution in [2.24, 2.45) is 4.99 Å². The molecule has 112 valence electrons. The SMILES string of the molecule is O=C(CCSSC1=CCC#CC=N1)ON1C(=O)CCC1O. The molecule has 1 amide bonds. The highest BCUT2D eigenvalue weighted by molar-refractivity contribution is 8.78. The Morgan fingerprint density at radius 2 is 2.48 bits per heavy atom. The first-order valence-electron chi connectivity index (χ1n) is 6.38. The molecule has 0 aliphatic carbocycles. The van der Waals surface area contributed by atoms with E-state index in [9.17, 15) is 14.7 Å². The van der Waals surface area contributed by atoms with Gasteiger partial charge in [0.05, 0.1) is 12.6 Å². The summed E-state index contributed by atoms with van der Waals surface area (Å²) in [4.78, 5) is 31.9. The van der Waals surface area contributed by atoms with Crippen LogP contribution in [0.25, 0.3) is 0 Å². The first-order chi connectivity index (χ1) is 10.2.